The number of rotatable bonds is 5. The maximum absolute atomic E-state index is 12.1. The molecule has 0 fully saturated rings. The molecule has 1 aromatic carbocycles. The average molecular weight is 276 g/mol. The molecule has 6 nitrogen and oxygen atoms in total. The Morgan fingerprint density at radius 1 is 1.25 bits per heavy atom. The molecule has 3 amide bonds. The van der Waals surface area contributed by atoms with Crippen LogP contribution in [0.25, 0.3) is 0 Å². The summed E-state index contributed by atoms with van der Waals surface area (Å²) in [6, 6.07) is 5.19. The van der Waals surface area contributed by atoms with Crippen molar-refractivity contribution in [3.05, 3.63) is 34.9 Å². The van der Waals surface area contributed by atoms with E-state index >= 15 is 0 Å². The Morgan fingerprint density at radius 3 is 2.65 bits per heavy atom. The fourth-order valence-electron chi connectivity index (χ4n) is 2.17. The molecule has 1 aliphatic rings. The van der Waals surface area contributed by atoms with Crippen LogP contribution in [0.1, 0.15) is 39.1 Å². The molecule has 1 aliphatic heterocycles. The van der Waals surface area contributed by atoms with Gasteiger partial charge in [0, 0.05) is 13.0 Å². The Kier molecular flexibility index (Phi) is 4.14. The largest absolute Gasteiger partial charge is 0.277 e. The van der Waals surface area contributed by atoms with Crippen LogP contribution in [-0.4, -0.2) is 36.3 Å². The molecule has 0 bridgehead atoms. The van der Waals surface area contributed by atoms with E-state index < -0.39 is 0 Å². The maximum atomic E-state index is 12.1. The number of hydrogen-bond acceptors (Lipinski definition) is 4. The zero-order chi connectivity index (χ0) is 14.7. The number of aryl methyl sites for hydroxylation is 1. The summed E-state index contributed by atoms with van der Waals surface area (Å²) in [6.45, 7) is 2.10. The van der Waals surface area contributed by atoms with Gasteiger partial charge in [-0.1, -0.05) is 11.6 Å². The van der Waals surface area contributed by atoms with Gasteiger partial charge in [0.05, 0.1) is 18.2 Å². The summed E-state index contributed by atoms with van der Waals surface area (Å²) < 4.78 is 0. The van der Waals surface area contributed by atoms with E-state index in [1.165, 1.54) is 12.0 Å². The first-order valence-electron chi connectivity index (χ1n) is 6.33. The molecule has 0 saturated carbocycles. The minimum atomic E-state index is -0.294. The van der Waals surface area contributed by atoms with Crippen molar-refractivity contribution >= 4 is 17.7 Å². The fraction of sp³-hybridized carbons (Fsp3) is 0.357. The predicted molar refractivity (Wildman–Crippen MR) is 70.9 cm³/mol. The number of hydroxylamine groups is 1. The van der Waals surface area contributed by atoms with Crippen LogP contribution < -0.4 is 5.48 Å². The summed E-state index contributed by atoms with van der Waals surface area (Å²) in [4.78, 5) is 41.1. The van der Waals surface area contributed by atoms with Crippen molar-refractivity contribution in [1.29, 1.82) is 0 Å². The van der Waals surface area contributed by atoms with Gasteiger partial charge in [-0.25, -0.2) is 5.48 Å². The Bertz CT molecular complexity index is 568. The molecule has 0 aromatic heterocycles. The number of nitrogens with one attached hydrogen (secondary N) is 1. The van der Waals surface area contributed by atoms with Gasteiger partial charge in [-0.2, -0.15) is 0 Å². The first-order valence-corrected chi connectivity index (χ1v) is 6.33. The van der Waals surface area contributed by atoms with Crippen LogP contribution in [0.2, 0.25) is 0 Å². The van der Waals surface area contributed by atoms with E-state index in [1.807, 2.05) is 6.92 Å². The Hall–Kier alpha value is -2.21. The molecule has 20 heavy (non-hydrogen) atoms. The maximum Gasteiger partial charge on any atom is 0.261 e. The molecule has 0 saturated heterocycles. The van der Waals surface area contributed by atoms with Crippen molar-refractivity contribution in [2.24, 2.45) is 0 Å². The lowest BCUT2D eigenvalue weighted by atomic mass is 10.1. The minimum absolute atomic E-state index is 0.195. The smallest absolute Gasteiger partial charge is 0.261 e. The van der Waals surface area contributed by atoms with E-state index in [0.717, 1.165) is 5.56 Å². The number of imide groups is 1. The second-order valence-electron chi connectivity index (χ2n) is 4.64. The van der Waals surface area contributed by atoms with Crippen molar-refractivity contribution in [2.75, 3.05) is 13.7 Å². The van der Waals surface area contributed by atoms with E-state index in [9.17, 15) is 14.4 Å². The van der Waals surface area contributed by atoms with Gasteiger partial charge in [0.25, 0.3) is 11.8 Å². The summed E-state index contributed by atoms with van der Waals surface area (Å²) in [5.74, 6) is -0.863. The molecular weight excluding hydrogens is 260 g/mol. The standard InChI is InChI=1S/C14H16N2O4/c1-9-5-6-10-11(8-9)14(19)16(13(10)18)7-3-4-12(17)15-20-2/h5-6,8H,3-4,7H2,1-2H3,(H,15,17). The van der Waals surface area contributed by atoms with Crippen LogP contribution in [0, 0.1) is 6.92 Å². The Morgan fingerprint density at radius 2 is 1.95 bits per heavy atom. The molecule has 0 aliphatic carbocycles. The molecule has 2 rings (SSSR count). The van der Waals surface area contributed by atoms with Crippen LogP contribution in [0.15, 0.2) is 18.2 Å². The fourth-order valence-corrected chi connectivity index (χ4v) is 2.17. The second-order valence-corrected chi connectivity index (χ2v) is 4.64. The Labute approximate surface area is 116 Å². The zero-order valence-corrected chi connectivity index (χ0v) is 11.4. The lowest BCUT2D eigenvalue weighted by molar-refractivity contribution is -0.131. The highest BCUT2D eigenvalue weighted by molar-refractivity contribution is 6.21. The molecule has 1 N–H and O–H groups in total. The van der Waals surface area contributed by atoms with Crippen LogP contribution >= 0.6 is 0 Å². The lowest BCUT2D eigenvalue weighted by Crippen LogP contribution is -2.31. The lowest BCUT2D eigenvalue weighted by Gasteiger charge is -2.13. The Balaban J connectivity index is 2.00. The van der Waals surface area contributed by atoms with Gasteiger partial charge < -0.3 is 0 Å². The van der Waals surface area contributed by atoms with E-state index in [1.54, 1.807) is 18.2 Å². The van der Waals surface area contributed by atoms with Gasteiger partial charge in [0.1, 0.15) is 0 Å². The normalized spacial score (nSPS) is 13.6. The molecule has 1 aromatic rings. The summed E-state index contributed by atoms with van der Waals surface area (Å²) >= 11 is 0. The van der Waals surface area contributed by atoms with E-state index in [2.05, 4.69) is 10.3 Å². The summed E-state index contributed by atoms with van der Waals surface area (Å²) in [5.41, 5.74) is 4.00. The monoisotopic (exact) mass is 276 g/mol. The van der Waals surface area contributed by atoms with E-state index in [0.29, 0.717) is 17.5 Å². The number of carbonyl (C=O) groups is 3. The SMILES string of the molecule is CONC(=O)CCCN1C(=O)c2ccc(C)cc2C1=O. The third-order valence-electron chi connectivity index (χ3n) is 3.13. The third kappa shape index (κ3) is 2.70. The summed E-state index contributed by atoms with van der Waals surface area (Å²) in [6.07, 6.45) is 0.597. The van der Waals surface area contributed by atoms with Crippen LogP contribution in [0.3, 0.4) is 0 Å². The minimum Gasteiger partial charge on any atom is -0.277 e. The van der Waals surface area contributed by atoms with Crippen molar-refractivity contribution < 1.29 is 19.2 Å². The van der Waals surface area contributed by atoms with Crippen molar-refractivity contribution in [3.8, 4) is 0 Å². The first kappa shape index (κ1) is 14.2. The van der Waals surface area contributed by atoms with Gasteiger partial charge in [0.15, 0.2) is 0 Å². The second kappa shape index (κ2) is 5.83. The van der Waals surface area contributed by atoms with Gasteiger partial charge in [-0.3, -0.25) is 24.1 Å². The van der Waals surface area contributed by atoms with Gasteiger partial charge in [-0.15, -0.1) is 0 Å². The van der Waals surface area contributed by atoms with E-state index in [-0.39, 0.29) is 30.7 Å². The highest BCUT2D eigenvalue weighted by atomic mass is 16.6. The van der Waals surface area contributed by atoms with Crippen LogP contribution in [0.5, 0.6) is 0 Å². The topological polar surface area (TPSA) is 75.7 Å². The van der Waals surface area contributed by atoms with Crippen molar-refractivity contribution in [2.45, 2.75) is 19.8 Å². The number of fused-ring (bicyclic) bond motifs is 1. The molecule has 106 valence electrons. The summed E-state index contributed by atoms with van der Waals surface area (Å²) in [7, 11) is 1.35. The van der Waals surface area contributed by atoms with Crippen LogP contribution in [-0.2, 0) is 9.63 Å². The molecule has 6 heteroatoms. The highest BCUT2D eigenvalue weighted by Crippen LogP contribution is 2.24. The average Bonchev–Trinajstić information content (AvgIpc) is 2.63. The number of benzene rings is 1. The molecular formula is C14H16N2O4. The molecule has 0 radical (unpaired) electrons. The third-order valence-corrected chi connectivity index (χ3v) is 3.13. The summed E-state index contributed by atoms with van der Waals surface area (Å²) in [5, 5.41) is 0. The predicted octanol–water partition coefficient (Wildman–Crippen LogP) is 1.05. The molecule has 0 atom stereocenters. The molecule has 0 unspecified atom stereocenters. The number of hydrogen-bond donors (Lipinski definition) is 1. The first-order chi connectivity index (χ1) is 9.54. The number of carbonyl (C=O) groups excluding carboxylic acids is 3. The van der Waals surface area contributed by atoms with Crippen molar-refractivity contribution in [1.82, 2.24) is 10.4 Å². The van der Waals surface area contributed by atoms with Crippen LogP contribution in [0.4, 0.5) is 0 Å². The number of nitrogens with zero attached hydrogens (tertiary/aromatic N) is 1. The molecule has 0 spiro atoms. The van der Waals surface area contributed by atoms with Crippen molar-refractivity contribution in [3.63, 3.8) is 0 Å². The van der Waals surface area contributed by atoms with Gasteiger partial charge in [-0.05, 0) is 25.5 Å². The zero-order valence-electron chi connectivity index (χ0n) is 11.4. The molecule has 1 heterocycles. The number of amides is 3. The highest BCUT2D eigenvalue weighted by Gasteiger charge is 2.34. The van der Waals surface area contributed by atoms with Gasteiger partial charge in [0.2, 0.25) is 5.91 Å². The van der Waals surface area contributed by atoms with Gasteiger partial charge >= 0.3 is 0 Å². The van der Waals surface area contributed by atoms with E-state index in [4.69, 9.17) is 0 Å². The quantitative estimate of drug-likeness (QED) is 0.644.